The number of hydrogen-bond donors (Lipinski definition) is 1. The van der Waals surface area contributed by atoms with Crippen LogP contribution in [0.2, 0.25) is 10.0 Å². The van der Waals surface area contributed by atoms with Crippen LogP contribution < -0.4 is 10.1 Å². The average molecular weight is 451 g/mol. The number of hydrogen-bond acceptors (Lipinski definition) is 3. The second kappa shape index (κ2) is 10.2. The Kier molecular flexibility index (Phi) is 7.36. The number of rotatable bonds is 6. The summed E-state index contributed by atoms with van der Waals surface area (Å²) in [4.78, 5) is 12.6. The first-order valence-electron chi connectivity index (χ1n) is 9.53. The number of nitrogens with one attached hydrogen (secondary N) is 1. The number of benzene rings is 3. The summed E-state index contributed by atoms with van der Waals surface area (Å²) < 4.78 is 5.76. The van der Waals surface area contributed by atoms with E-state index in [1.165, 1.54) is 6.08 Å². The van der Waals surface area contributed by atoms with Crippen LogP contribution in [0.15, 0.2) is 66.2 Å². The number of anilines is 1. The maximum Gasteiger partial charge on any atom is 0.266 e. The first-order chi connectivity index (χ1) is 14.9. The molecular weight excluding hydrogens is 431 g/mol. The third-order valence-electron chi connectivity index (χ3n) is 4.60. The SMILES string of the molecule is Cc1ccc(NC(=O)/C(C#N)=C/c2ccc(OCc3ccccc3Cl)c(Cl)c2)c(C)c1. The van der Waals surface area contributed by atoms with Gasteiger partial charge in [-0.3, -0.25) is 4.79 Å². The Morgan fingerprint density at radius 3 is 2.52 bits per heavy atom. The zero-order valence-electron chi connectivity index (χ0n) is 17.1. The first-order valence-corrected chi connectivity index (χ1v) is 10.3. The zero-order chi connectivity index (χ0) is 22.4. The van der Waals surface area contributed by atoms with Crippen molar-refractivity contribution < 1.29 is 9.53 Å². The highest BCUT2D eigenvalue weighted by atomic mass is 35.5. The van der Waals surface area contributed by atoms with Crippen molar-refractivity contribution in [2.45, 2.75) is 20.5 Å². The Labute approximate surface area is 191 Å². The summed E-state index contributed by atoms with van der Waals surface area (Å²) in [5.41, 5.74) is 4.12. The molecule has 3 aromatic carbocycles. The highest BCUT2D eigenvalue weighted by molar-refractivity contribution is 6.32. The van der Waals surface area contributed by atoms with Gasteiger partial charge in [-0.1, -0.05) is 65.2 Å². The van der Waals surface area contributed by atoms with Crippen LogP contribution in [0.1, 0.15) is 22.3 Å². The highest BCUT2D eigenvalue weighted by Gasteiger charge is 2.12. The lowest BCUT2D eigenvalue weighted by Crippen LogP contribution is -2.14. The third-order valence-corrected chi connectivity index (χ3v) is 5.27. The van der Waals surface area contributed by atoms with Crippen LogP contribution in [-0.4, -0.2) is 5.91 Å². The summed E-state index contributed by atoms with van der Waals surface area (Å²) in [5, 5.41) is 13.2. The van der Waals surface area contributed by atoms with Crippen LogP contribution in [0.4, 0.5) is 5.69 Å². The number of aryl methyl sites for hydroxylation is 2. The topological polar surface area (TPSA) is 62.1 Å². The predicted molar refractivity (Wildman–Crippen MR) is 125 cm³/mol. The average Bonchev–Trinajstić information content (AvgIpc) is 2.74. The van der Waals surface area contributed by atoms with E-state index >= 15 is 0 Å². The first kappa shape index (κ1) is 22.4. The summed E-state index contributed by atoms with van der Waals surface area (Å²) in [6, 6.07) is 20.1. The summed E-state index contributed by atoms with van der Waals surface area (Å²) >= 11 is 12.5. The number of nitriles is 1. The molecule has 0 heterocycles. The molecule has 0 aliphatic rings. The number of halogens is 2. The molecule has 0 bridgehead atoms. The van der Waals surface area contributed by atoms with E-state index in [1.54, 1.807) is 24.3 Å². The minimum absolute atomic E-state index is 0.0271. The molecule has 0 radical (unpaired) electrons. The van der Waals surface area contributed by atoms with Crippen molar-refractivity contribution in [1.29, 1.82) is 5.26 Å². The Morgan fingerprint density at radius 1 is 1.06 bits per heavy atom. The fourth-order valence-electron chi connectivity index (χ4n) is 2.95. The molecule has 0 saturated heterocycles. The molecule has 0 aromatic heterocycles. The molecule has 0 aliphatic heterocycles. The Balaban J connectivity index is 1.73. The van der Waals surface area contributed by atoms with Gasteiger partial charge in [-0.15, -0.1) is 0 Å². The molecule has 0 atom stereocenters. The van der Waals surface area contributed by atoms with Crippen LogP contribution in [0, 0.1) is 25.2 Å². The predicted octanol–water partition coefficient (Wildman–Crippen LogP) is 6.73. The molecule has 3 rings (SSSR count). The second-order valence-electron chi connectivity index (χ2n) is 7.01. The molecule has 156 valence electrons. The van der Waals surface area contributed by atoms with Crippen LogP contribution in [-0.2, 0) is 11.4 Å². The molecule has 0 saturated carbocycles. The number of amides is 1. The van der Waals surface area contributed by atoms with Crippen LogP contribution in [0.5, 0.6) is 5.75 Å². The molecule has 0 fully saturated rings. The second-order valence-corrected chi connectivity index (χ2v) is 7.83. The monoisotopic (exact) mass is 450 g/mol. The lowest BCUT2D eigenvalue weighted by Gasteiger charge is -2.10. The van der Waals surface area contributed by atoms with Gasteiger partial charge in [-0.05, 0) is 55.3 Å². The van der Waals surface area contributed by atoms with Crippen molar-refractivity contribution in [3.8, 4) is 11.8 Å². The maximum absolute atomic E-state index is 12.6. The van der Waals surface area contributed by atoms with Gasteiger partial charge in [0.25, 0.3) is 5.91 Å². The number of nitrogens with zero attached hydrogens (tertiary/aromatic N) is 1. The van der Waals surface area contributed by atoms with Crippen molar-refractivity contribution in [1.82, 2.24) is 0 Å². The van der Waals surface area contributed by atoms with Gasteiger partial charge in [-0.2, -0.15) is 5.26 Å². The van der Waals surface area contributed by atoms with Crippen LogP contribution in [0.3, 0.4) is 0 Å². The molecule has 3 aromatic rings. The van der Waals surface area contributed by atoms with E-state index in [-0.39, 0.29) is 12.2 Å². The maximum atomic E-state index is 12.6. The summed E-state index contributed by atoms with van der Waals surface area (Å²) in [7, 11) is 0. The smallest absolute Gasteiger partial charge is 0.266 e. The van der Waals surface area contributed by atoms with E-state index in [9.17, 15) is 10.1 Å². The van der Waals surface area contributed by atoms with E-state index in [1.807, 2.05) is 56.3 Å². The lowest BCUT2D eigenvalue weighted by molar-refractivity contribution is -0.112. The zero-order valence-corrected chi connectivity index (χ0v) is 18.6. The number of carbonyl (C=O) groups is 1. The molecule has 6 heteroatoms. The van der Waals surface area contributed by atoms with Crippen LogP contribution in [0.25, 0.3) is 6.08 Å². The van der Waals surface area contributed by atoms with E-state index in [4.69, 9.17) is 27.9 Å². The lowest BCUT2D eigenvalue weighted by atomic mass is 10.1. The van der Waals surface area contributed by atoms with Gasteiger partial charge >= 0.3 is 0 Å². The van der Waals surface area contributed by atoms with E-state index in [0.29, 0.717) is 27.0 Å². The standard InChI is InChI=1S/C25H20Cl2N2O2/c1-16-7-9-23(17(2)11-16)29-25(30)20(14-28)12-18-8-10-24(22(27)13-18)31-15-19-5-3-4-6-21(19)26/h3-13H,15H2,1-2H3,(H,29,30)/b20-12+. The van der Waals surface area contributed by atoms with Crippen molar-refractivity contribution in [2.75, 3.05) is 5.32 Å². The van der Waals surface area contributed by atoms with Crippen molar-refractivity contribution in [3.63, 3.8) is 0 Å². The third kappa shape index (κ3) is 5.88. The van der Waals surface area contributed by atoms with Crippen molar-refractivity contribution in [3.05, 3.63) is 98.5 Å². The molecular formula is C25H20Cl2N2O2. The van der Waals surface area contributed by atoms with Gasteiger partial charge < -0.3 is 10.1 Å². The van der Waals surface area contributed by atoms with Crippen LogP contribution >= 0.6 is 23.2 Å². The number of carbonyl (C=O) groups excluding carboxylic acids is 1. The highest BCUT2D eigenvalue weighted by Crippen LogP contribution is 2.28. The summed E-state index contributed by atoms with van der Waals surface area (Å²) in [5.74, 6) is 0.00148. The minimum Gasteiger partial charge on any atom is -0.487 e. The van der Waals surface area contributed by atoms with Crippen molar-refractivity contribution in [2.24, 2.45) is 0 Å². The normalized spacial score (nSPS) is 11.0. The fourth-order valence-corrected chi connectivity index (χ4v) is 3.39. The number of ether oxygens (including phenoxy) is 1. The van der Waals surface area contributed by atoms with Gasteiger partial charge in [0.2, 0.25) is 0 Å². The van der Waals surface area contributed by atoms with Gasteiger partial charge in [0.15, 0.2) is 0 Å². The van der Waals surface area contributed by atoms with Gasteiger partial charge in [0.05, 0.1) is 5.02 Å². The molecule has 0 spiro atoms. The molecule has 4 nitrogen and oxygen atoms in total. The molecule has 31 heavy (non-hydrogen) atoms. The molecule has 1 amide bonds. The Morgan fingerprint density at radius 2 is 1.84 bits per heavy atom. The minimum atomic E-state index is -0.482. The van der Waals surface area contributed by atoms with E-state index in [2.05, 4.69) is 5.32 Å². The fraction of sp³-hybridized carbons (Fsp3) is 0.120. The largest absolute Gasteiger partial charge is 0.487 e. The Hall–Kier alpha value is -3.26. The quantitative estimate of drug-likeness (QED) is 0.334. The van der Waals surface area contributed by atoms with Gasteiger partial charge in [0, 0.05) is 16.3 Å². The van der Waals surface area contributed by atoms with E-state index < -0.39 is 5.91 Å². The molecule has 0 aliphatic carbocycles. The van der Waals surface area contributed by atoms with Gasteiger partial charge in [-0.25, -0.2) is 0 Å². The molecule has 0 unspecified atom stereocenters. The summed E-state index contributed by atoms with van der Waals surface area (Å²) in [6.45, 7) is 4.15. The van der Waals surface area contributed by atoms with Gasteiger partial charge in [0.1, 0.15) is 24.0 Å². The summed E-state index contributed by atoms with van der Waals surface area (Å²) in [6.07, 6.45) is 1.49. The van der Waals surface area contributed by atoms with E-state index in [0.717, 1.165) is 16.7 Å². The molecule has 1 N–H and O–H groups in total. The Bertz CT molecular complexity index is 1200. The van der Waals surface area contributed by atoms with Crippen molar-refractivity contribution >= 4 is 40.9 Å².